The molecule has 1 heterocycles. The number of primary sulfonamides is 1. The summed E-state index contributed by atoms with van der Waals surface area (Å²) < 4.78 is 60.8. The third-order valence-electron chi connectivity index (χ3n) is 1.66. The van der Waals surface area contributed by atoms with E-state index in [1.807, 2.05) is 0 Å². The van der Waals surface area contributed by atoms with Crippen molar-refractivity contribution in [2.45, 2.75) is 11.4 Å². The van der Waals surface area contributed by atoms with Crippen LogP contribution in [0.4, 0.5) is 18.9 Å². The zero-order valence-electron chi connectivity index (χ0n) is 8.59. The second-order valence-corrected chi connectivity index (χ2v) is 4.56. The topological polar surface area (TPSA) is 145 Å². The summed E-state index contributed by atoms with van der Waals surface area (Å²) in [6.07, 6.45) is -5.36. The lowest BCUT2D eigenvalue weighted by molar-refractivity contribution is -0.389. The van der Waals surface area contributed by atoms with Gasteiger partial charge in [-0.2, -0.15) is 0 Å². The van der Waals surface area contributed by atoms with Gasteiger partial charge in [-0.1, -0.05) is 0 Å². The van der Waals surface area contributed by atoms with E-state index in [-0.39, 0.29) is 6.07 Å². The summed E-state index contributed by atoms with van der Waals surface area (Å²) >= 11 is 0. The Bertz CT molecular complexity index is 678. The van der Waals surface area contributed by atoms with Gasteiger partial charge in [0.15, 0.2) is 5.03 Å². The number of sulfonamides is 1. The van der Waals surface area contributed by atoms with Gasteiger partial charge in [0.25, 0.3) is 21.3 Å². The molecule has 0 bridgehead atoms. The van der Waals surface area contributed by atoms with Crippen molar-refractivity contribution >= 4 is 15.7 Å². The van der Waals surface area contributed by atoms with Crippen LogP contribution in [0, 0.1) is 10.1 Å². The van der Waals surface area contributed by atoms with Gasteiger partial charge in [0, 0.05) is 0 Å². The van der Waals surface area contributed by atoms with E-state index in [1.54, 1.807) is 0 Å². The number of aromatic amines is 1. The van der Waals surface area contributed by atoms with Crippen molar-refractivity contribution in [2.24, 2.45) is 5.14 Å². The Morgan fingerprint density at radius 1 is 1.42 bits per heavy atom. The molecular weight excluding hydrogens is 299 g/mol. The molecule has 0 spiro atoms. The van der Waals surface area contributed by atoms with Gasteiger partial charge in [-0.3, -0.25) is 14.9 Å². The summed E-state index contributed by atoms with van der Waals surface area (Å²) in [6, 6.07) is 0.151. The minimum absolute atomic E-state index is 0.151. The SMILES string of the molecule is NS(=O)(=O)c1cc([N+](=O)[O-])c(OC(F)(F)F)c(=O)[nH]1. The number of ether oxygens (including phenoxy) is 1. The quantitative estimate of drug-likeness (QED) is 0.585. The number of aromatic nitrogens is 1. The average molecular weight is 303 g/mol. The maximum Gasteiger partial charge on any atom is 0.573 e. The molecule has 0 aromatic carbocycles. The van der Waals surface area contributed by atoms with E-state index >= 15 is 0 Å². The molecule has 0 saturated carbocycles. The number of H-pyrrole nitrogens is 1. The first kappa shape index (κ1) is 14.9. The minimum Gasteiger partial charge on any atom is -0.392 e. The van der Waals surface area contributed by atoms with Gasteiger partial charge in [0.1, 0.15) is 0 Å². The molecule has 9 nitrogen and oxygen atoms in total. The van der Waals surface area contributed by atoms with E-state index < -0.39 is 43.3 Å². The number of nitro groups is 1. The van der Waals surface area contributed by atoms with Gasteiger partial charge in [-0.05, 0) is 0 Å². The van der Waals surface area contributed by atoms with E-state index in [1.165, 1.54) is 4.98 Å². The van der Waals surface area contributed by atoms with Crippen molar-refractivity contribution in [2.75, 3.05) is 0 Å². The van der Waals surface area contributed by atoms with Crippen molar-refractivity contribution in [1.29, 1.82) is 0 Å². The largest absolute Gasteiger partial charge is 0.573 e. The zero-order chi connectivity index (χ0) is 15.0. The van der Waals surface area contributed by atoms with Crippen LogP contribution < -0.4 is 15.4 Å². The van der Waals surface area contributed by atoms with Gasteiger partial charge < -0.3 is 9.72 Å². The molecule has 0 aliphatic carbocycles. The third-order valence-corrected chi connectivity index (χ3v) is 2.50. The van der Waals surface area contributed by atoms with Crippen LogP contribution in [0.2, 0.25) is 0 Å². The fraction of sp³-hybridized carbons (Fsp3) is 0.167. The lowest BCUT2D eigenvalue weighted by atomic mass is 10.4. The van der Waals surface area contributed by atoms with Crippen molar-refractivity contribution in [3.05, 3.63) is 26.5 Å². The Hall–Kier alpha value is -2.15. The monoisotopic (exact) mass is 303 g/mol. The van der Waals surface area contributed by atoms with E-state index in [4.69, 9.17) is 0 Å². The lowest BCUT2D eigenvalue weighted by Crippen LogP contribution is -2.26. The van der Waals surface area contributed by atoms with Gasteiger partial charge >= 0.3 is 12.0 Å². The predicted molar refractivity (Wildman–Crippen MR) is 51.8 cm³/mol. The Morgan fingerprint density at radius 3 is 2.32 bits per heavy atom. The van der Waals surface area contributed by atoms with E-state index in [0.29, 0.717) is 0 Å². The highest BCUT2D eigenvalue weighted by Crippen LogP contribution is 2.29. The molecule has 0 amide bonds. The number of nitrogens with one attached hydrogen (secondary N) is 1. The van der Waals surface area contributed by atoms with Crippen LogP contribution in [0.15, 0.2) is 15.9 Å². The van der Waals surface area contributed by atoms with Crippen molar-refractivity contribution < 1.29 is 31.2 Å². The molecule has 13 heteroatoms. The fourth-order valence-electron chi connectivity index (χ4n) is 1.01. The molecule has 0 saturated heterocycles. The van der Waals surface area contributed by atoms with Gasteiger partial charge in [0.05, 0.1) is 11.0 Å². The van der Waals surface area contributed by atoms with Crippen molar-refractivity contribution in [1.82, 2.24) is 4.98 Å². The first-order chi connectivity index (χ1) is 8.42. The molecule has 0 atom stereocenters. The molecular formula is C6H4F3N3O6S. The molecule has 1 aromatic rings. The minimum atomic E-state index is -5.36. The highest BCUT2D eigenvalue weighted by atomic mass is 32.2. The van der Waals surface area contributed by atoms with E-state index in [2.05, 4.69) is 9.88 Å². The fourth-order valence-corrected chi connectivity index (χ4v) is 1.52. The van der Waals surface area contributed by atoms with Gasteiger partial charge in [-0.15, -0.1) is 13.2 Å². The normalized spacial score (nSPS) is 12.2. The number of nitrogens with two attached hydrogens (primary N) is 1. The molecule has 0 radical (unpaired) electrons. The predicted octanol–water partition coefficient (Wildman–Crippen LogP) is -0.171. The molecule has 1 rings (SSSR count). The Morgan fingerprint density at radius 2 is 1.95 bits per heavy atom. The Kier molecular flexibility index (Phi) is 3.54. The number of pyridine rings is 1. The number of nitrogens with zero attached hydrogens (tertiary/aromatic N) is 1. The molecule has 0 unspecified atom stereocenters. The summed E-state index contributed by atoms with van der Waals surface area (Å²) in [4.78, 5) is 21.7. The van der Waals surface area contributed by atoms with E-state index in [9.17, 15) is 36.5 Å². The number of hydrogen-bond donors (Lipinski definition) is 2. The van der Waals surface area contributed by atoms with Crippen molar-refractivity contribution in [3.8, 4) is 5.75 Å². The second-order valence-electron chi connectivity index (χ2n) is 3.03. The van der Waals surface area contributed by atoms with Crippen LogP contribution in [0.3, 0.4) is 0 Å². The number of halogens is 3. The smallest absolute Gasteiger partial charge is 0.392 e. The molecule has 1 aromatic heterocycles. The Labute approximate surface area is 102 Å². The third kappa shape index (κ3) is 3.65. The summed E-state index contributed by atoms with van der Waals surface area (Å²) in [5, 5.41) is 14.0. The summed E-state index contributed by atoms with van der Waals surface area (Å²) in [6.45, 7) is 0. The van der Waals surface area contributed by atoms with Crippen LogP contribution in [-0.2, 0) is 10.0 Å². The molecule has 3 N–H and O–H groups in total. The molecule has 0 aliphatic rings. The molecule has 0 aliphatic heterocycles. The first-order valence-electron chi connectivity index (χ1n) is 4.12. The summed E-state index contributed by atoms with van der Waals surface area (Å²) in [5.74, 6) is -1.69. The molecule has 0 fully saturated rings. The van der Waals surface area contributed by atoms with Crippen LogP contribution in [0.5, 0.6) is 5.75 Å². The maximum absolute atomic E-state index is 12.0. The number of hydrogen-bond acceptors (Lipinski definition) is 6. The Balaban J connectivity index is 3.58. The summed E-state index contributed by atoms with van der Waals surface area (Å²) in [5.41, 5.74) is -3.24. The van der Waals surface area contributed by atoms with Crippen molar-refractivity contribution in [3.63, 3.8) is 0 Å². The van der Waals surface area contributed by atoms with Crippen LogP contribution in [0.1, 0.15) is 0 Å². The van der Waals surface area contributed by atoms with Crippen LogP contribution >= 0.6 is 0 Å². The molecule has 106 valence electrons. The highest BCUT2D eigenvalue weighted by molar-refractivity contribution is 7.89. The molecule has 19 heavy (non-hydrogen) atoms. The van der Waals surface area contributed by atoms with E-state index in [0.717, 1.165) is 0 Å². The maximum atomic E-state index is 12.0. The van der Waals surface area contributed by atoms with Crippen LogP contribution in [-0.4, -0.2) is 24.7 Å². The van der Waals surface area contributed by atoms with Crippen LogP contribution in [0.25, 0.3) is 0 Å². The number of alkyl halides is 3. The standard InChI is InChI=1S/C6H4F3N3O6S/c7-6(8,9)18-4-2(12(14)15)1-3(11-5(4)13)19(10,16)17/h1H,(H,11,13)(H2,10,16,17). The average Bonchev–Trinajstić information content (AvgIpc) is 2.16. The highest BCUT2D eigenvalue weighted by Gasteiger charge is 2.37. The number of rotatable bonds is 3. The lowest BCUT2D eigenvalue weighted by Gasteiger charge is -2.08. The van der Waals surface area contributed by atoms with Gasteiger partial charge in [0.2, 0.25) is 0 Å². The van der Waals surface area contributed by atoms with Gasteiger partial charge in [-0.25, -0.2) is 13.6 Å². The first-order valence-corrected chi connectivity index (χ1v) is 5.66. The summed E-state index contributed by atoms with van der Waals surface area (Å²) in [7, 11) is -4.54. The zero-order valence-corrected chi connectivity index (χ0v) is 9.41. The second kappa shape index (κ2) is 4.51.